The number of hydrogen-bond acceptors (Lipinski definition) is 4. The summed E-state index contributed by atoms with van der Waals surface area (Å²) in [6.07, 6.45) is 3.75. The minimum Gasteiger partial charge on any atom is -0.396 e. The van der Waals surface area contributed by atoms with Crippen molar-refractivity contribution in [1.82, 2.24) is 9.97 Å². The molecule has 5 nitrogen and oxygen atoms in total. The number of primary amides is 1. The second-order valence-corrected chi connectivity index (χ2v) is 3.40. The SMILES string of the molecule is NC(=O)c1ccc2cncc(CCO)c2n1. The monoisotopic (exact) mass is 217 g/mol. The molecule has 2 rings (SSSR count). The smallest absolute Gasteiger partial charge is 0.267 e. The highest BCUT2D eigenvalue weighted by Gasteiger charge is 2.07. The summed E-state index contributed by atoms with van der Waals surface area (Å²) in [5.41, 5.74) is 6.86. The molecule has 16 heavy (non-hydrogen) atoms. The van der Waals surface area contributed by atoms with Crippen LogP contribution in [0.3, 0.4) is 0 Å². The van der Waals surface area contributed by atoms with Crippen molar-refractivity contribution in [3.05, 3.63) is 35.8 Å². The molecule has 0 atom stereocenters. The summed E-state index contributed by atoms with van der Waals surface area (Å²) in [7, 11) is 0. The van der Waals surface area contributed by atoms with Crippen LogP contribution in [0.15, 0.2) is 24.5 Å². The number of rotatable bonds is 3. The van der Waals surface area contributed by atoms with Gasteiger partial charge in [0.05, 0.1) is 5.52 Å². The fourth-order valence-electron chi connectivity index (χ4n) is 1.54. The molecule has 0 aliphatic heterocycles. The average molecular weight is 217 g/mol. The van der Waals surface area contributed by atoms with E-state index < -0.39 is 5.91 Å². The zero-order valence-corrected chi connectivity index (χ0v) is 8.55. The number of pyridine rings is 2. The van der Waals surface area contributed by atoms with Gasteiger partial charge in [-0.2, -0.15) is 0 Å². The summed E-state index contributed by atoms with van der Waals surface area (Å²) in [5.74, 6) is -0.561. The predicted molar refractivity (Wildman–Crippen MR) is 58.8 cm³/mol. The first kappa shape index (κ1) is 10.5. The van der Waals surface area contributed by atoms with Gasteiger partial charge in [0.1, 0.15) is 5.69 Å². The molecule has 3 N–H and O–H groups in total. The first-order valence-electron chi connectivity index (χ1n) is 4.86. The lowest BCUT2D eigenvalue weighted by atomic mass is 10.1. The van der Waals surface area contributed by atoms with Gasteiger partial charge in [0.15, 0.2) is 0 Å². The lowest BCUT2D eigenvalue weighted by Gasteiger charge is -2.04. The van der Waals surface area contributed by atoms with E-state index in [1.54, 1.807) is 24.5 Å². The van der Waals surface area contributed by atoms with Crippen molar-refractivity contribution in [2.45, 2.75) is 6.42 Å². The summed E-state index contributed by atoms with van der Waals surface area (Å²) in [6.45, 7) is 0.0171. The Kier molecular flexibility index (Phi) is 2.78. The van der Waals surface area contributed by atoms with Crippen molar-refractivity contribution in [3.63, 3.8) is 0 Å². The Morgan fingerprint density at radius 3 is 2.88 bits per heavy atom. The van der Waals surface area contributed by atoms with Crippen LogP contribution in [0.25, 0.3) is 10.9 Å². The van der Waals surface area contributed by atoms with Crippen molar-refractivity contribution in [3.8, 4) is 0 Å². The Hall–Kier alpha value is -2.01. The van der Waals surface area contributed by atoms with E-state index in [9.17, 15) is 4.79 Å². The second-order valence-electron chi connectivity index (χ2n) is 3.40. The topological polar surface area (TPSA) is 89.1 Å². The largest absolute Gasteiger partial charge is 0.396 e. The molecular weight excluding hydrogens is 206 g/mol. The van der Waals surface area contributed by atoms with Crippen LogP contribution in [-0.4, -0.2) is 27.6 Å². The van der Waals surface area contributed by atoms with E-state index in [4.69, 9.17) is 10.8 Å². The Morgan fingerprint density at radius 1 is 1.38 bits per heavy atom. The predicted octanol–water partition coefficient (Wildman–Crippen LogP) is 0.263. The molecular formula is C11H11N3O2. The van der Waals surface area contributed by atoms with Crippen LogP contribution < -0.4 is 5.73 Å². The minimum absolute atomic E-state index is 0.0171. The second kappa shape index (κ2) is 4.24. The molecule has 0 spiro atoms. The van der Waals surface area contributed by atoms with E-state index in [0.29, 0.717) is 11.9 Å². The third-order valence-corrected chi connectivity index (χ3v) is 2.31. The molecule has 0 fully saturated rings. The average Bonchev–Trinajstić information content (AvgIpc) is 2.29. The highest BCUT2D eigenvalue weighted by atomic mass is 16.3. The minimum atomic E-state index is -0.561. The number of nitrogens with zero attached hydrogens (tertiary/aromatic N) is 2. The molecule has 0 radical (unpaired) electrons. The van der Waals surface area contributed by atoms with Gasteiger partial charge in [-0.3, -0.25) is 9.78 Å². The van der Waals surface area contributed by atoms with Gasteiger partial charge in [0.25, 0.3) is 5.91 Å². The van der Waals surface area contributed by atoms with Crippen molar-refractivity contribution in [2.24, 2.45) is 5.73 Å². The van der Waals surface area contributed by atoms with E-state index >= 15 is 0 Å². The van der Waals surface area contributed by atoms with E-state index in [2.05, 4.69) is 9.97 Å². The van der Waals surface area contributed by atoms with Gasteiger partial charge in [0.2, 0.25) is 0 Å². The molecule has 1 amide bonds. The van der Waals surface area contributed by atoms with Crippen molar-refractivity contribution in [2.75, 3.05) is 6.61 Å². The van der Waals surface area contributed by atoms with Crippen LogP contribution in [0.5, 0.6) is 0 Å². The van der Waals surface area contributed by atoms with Crippen LogP contribution in [0.1, 0.15) is 16.1 Å². The van der Waals surface area contributed by atoms with E-state index in [1.807, 2.05) is 0 Å². The standard InChI is InChI=1S/C11H11N3O2/c12-11(16)9-2-1-7-5-13-6-8(3-4-15)10(7)14-9/h1-2,5-6,15H,3-4H2,(H2,12,16). The number of aromatic nitrogens is 2. The van der Waals surface area contributed by atoms with Crippen molar-refractivity contribution in [1.29, 1.82) is 0 Å². The van der Waals surface area contributed by atoms with Gasteiger partial charge >= 0.3 is 0 Å². The Balaban J connectivity index is 2.63. The maximum atomic E-state index is 11.0. The molecule has 0 bridgehead atoms. The number of carbonyl (C=O) groups is 1. The third-order valence-electron chi connectivity index (χ3n) is 2.31. The zero-order chi connectivity index (χ0) is 11.5. The van der Waals surface area contributed by atoms with Gasteiger partial charge in [-0.25, -0.2) is 4.98 Å². The maximum Gasteiger partial charge on any atom is 0.267 e. The van der Waals surface area contributed by atoms with Crippen LogP contribution in [0, 0.1) is 0 Å². The fraction of sp³-hybridized carbons (Fsp3) is 0.182. The summed E-state index contributed by atoms with van der Waals surface area (Å²) >= 11 is 0. The summed E-state index contributed by atoms with van der Waals surface area (Å²) in [6, 6.07) is 3.31. The van der Waals surface area contributed by atoms with Crippen molar-refractivity contribution < 1.29 is 9.90 Å². The first-order valence-corrected chi connectivity index (χ1v) is 4.86. The van der Waals surface area contributed by atoms with E-state index in [-0.39, 0.29) is 12.3 Å². The number of aliphatic hydroxyl groups excluding tert-OH is 1. The van der Waals surface area contributed by atoms with Gasteiger partial charge < -0.3 is 10.8 Å². The maximum absolute atomic E-state index is 11.0. The van der Waals surface area contributed by atoms with E-state index in [1.165, 1.54) is 0 Å². The Bertz CT molecular complexity index is 540. The molecule has 2 heterocycles. The van der Waals surface area contributed by atoms with Gasteiger partial charge in [0, 0.05) is 24.4 Å². The molecule has 0 aliphatic rings. The fourth-order valence-corrected chi connectivity index (χ4v) is 1.54. The van der Waals surface area contributed by atoms with E-state index in [0.717, 1.165) is 10.9 Å². The van der Waals surface area contributed by atoms with Crippen LogP contribution >= 0.6 is 0 Å². The summed E-state index contributed by atoms with van der Waals surface area (Å²) in [4.78, 5) is 19.2. The summed E-state index contributed by atoms with van der Waals surface area (Å²) < 4.78 is 0. The van der Waals surface area contributed by atoms with Crippen LogP contribution in [0.4, 0.5) is 0 Å². The molecule has 2 aromatic rings. The van der Waals surface area contributed by atoms with Crippen LogP contribution in [-0.2, 0) is 6.42 Å². The molecule has 0 saturated heterocycles. The number of carbonyl (C=O) groups excluding carboxylic acids is 1. The van der Waals surface area contributed by atoms with Crippen LogP contribution in [0.2, 0.25) is 0 Å². The zero-order valence-electron chi connectivity index (χ0n) is 8.55. The van der Waals surface area contributed by atoms with Crippen molar-refractivity contribution >= 4 is 16.8 Å². The molecule has 0 aliphatic carbocycles. The van der Waals surface area contributed by atoms with Gasteiger partial charge in [-0.15, -0.1) is 0 Å². The Labute approximate surface area is 91.9 Å². The highest BCUT2D eigenvalue weighted by molar-refractivity contribution is 5.94. The highest BCUT2D eigenvalue weighted by Crippen LogP contribution is 2.16. The first-order chi connectivity index (χ1) is 7.72. The molecule has 5 heteroatoms. The molecule has 82 valence electrons. The number of amides is 1. The molecule has 0 unspecified atom stereocenters. The number of hydrogen-bond donors (Lipinski definition) is 2. The third kappa shape index (κ3) is 1.85. The lowest BCUT2D eigenvalue weighted by Crippen LogP contribution is -2.13. The lowest BCUT2D eigenvalue weighted by molar-refractivity contribution is 0.0996. The Morgan fingerprint density at radius 2 is 2.19 bits per heavy atom. The number of aliphatic hydroxyl groups is 1. The molecule has 2 aromatic heterocycles. The van der Waals surface area contributed by atoms with Gasteiger partial charge in [-0.05, 0) is 24.1 Å². The van der Waals surface area contributed by atoms with Gasteiger partial charge in [-0.1, -0.05) is 0 Å². The molecule has 0 aromatic carbocycles. The summed E-state index contributed by atoms with van der Waals surface area (Å²) in [5, 5.41) is 9.74. The number of nitrogens with two attached hydrogens (primary N) is 1. The quantitative estimate of drug-likeness (QED) is 0.771. The number of fused-ring (bicyclic) bond motifs is 1. The molecule has 0 saturated carbocycles. The normalized spacial score (nSPS) is 10.6.